The zero-order valence-electron chi connectivity index (χ0n) is 12.2. The number of aliphatic hydroxyl groups is 1. The number of nitrogens with zero attached hydrogens (tertiary/aromatic N) is 1. The third kappa shape index (κ3) is 1.87. The van der Waals surface area contributed by atoms with Crippen LogP contribution >= 0.6 is 11.8 Å². The predicted molar refractivity (Wildman–Crippen MR) is 74.1 cm³/mol. The van der Waals surface area contributed by atoms with E-state index in [9.17, 15) is 14.7 Å². The average Bonchev–Trinajstić information content (AvgIpc) is 2.87. The number of thioether (sulfide) groups is 1. The van der Waals surface area contributed by atoms with E-state index in [2.05, 4.69) is 0 Å². The summed E-state index contributed by atoms with van der Waals surface area (Å²) in [4.78, 5) is 26.3. The molecule has 0 radical (unpaired) electrons. The third-order valence-corrected chi connectivity index (χ3v) is 5.77. The highest BCUT2D eigenvalue weighted by Crippen LogP contribution is 2.52. The number of hydrogen-bond acceptors (Lipinski definition) is 6. The largest absolute Gasteiger partial charge is 0.467 e. The van der Waals surface area contributed by atoms with Gasteiger partial charge in [-0.25, -0.2) is 4.79 Å². The Bertz CT molecular complexity index is 429. The van der Waals surface area contributed by atoms with Crippen molar-refractivity contribution in [3.63, 3.8) is 0 Å². The molecule has 0 saturated carbocycles. The standard InChI is InChI=1S/C13H21NO5S/c1-8(2)10-14-9(15)5-12(17,6-18-3)13(14,7-20-10)11(16)19-4/h8,10,17H,5-7H2,1-4H3/t10-,12+,13+/m1/s1. The molecule has 6 nitrogen and oxygen atoms in total. The van der Waals surface area contributed by atoms with Crippen molar-refractivity contribution >= 4 is 23.6 Å². The second-order valence-electron chi connectivity index (χ2n) is 5.70. The van der Waals surface area contributed by atoms with Crippen LogP contribution in [0.15, 0.2) is 0 Å². The van der Waals surface area contributed by atoms with Gasteiger partial charge in [-0.05, 0) is 5.92 Å². The molecule has 1 amide bonds. The number of hydrogen-bond donors (Lipinski definition) is 1. The summed E-state index contributed by atoms with van der Waals surface area (Å²) in [5, 5.41) is 10.7. The van der Waals surface area contributed by atoms with Gasteiger partial charge in [-0.2, -0.15) is 0 Å². The molecule has 2 rings (SSSR count). The van der Waals surface area contributed by atoms with E-state index < -0.39 is 17.1 Å². The van der Waals surface area contributed by atoms with E-state index in [1.807, 2.05) is 13.8 Å². The maximum absolute atomic E-state index is 12.4. The molecule has 0 bridgehead atoms. The molecule has 7 heteroatoms. The molecule has 0 unspecified atom stereocenters. The lowest BCUT2D eigenvalue weighted by Crippen LogP contribution is -2.65. The molecule has 2 aliphatic rings. The monoisotopic (exact) mass is 303 g/mol. The van der Waals surface area contributed by atoms with Crippen LogP contribution in [0.5, 0.6) is 0 Å². The highest BCUT2D eigenvalue weighted by atomic mass is 32.2. The Hall–Kier alpha value is -0.790. The van der Waals surface area contributed by atoms with E-state index in [1.54, 1.807) is 0 Å². The Morgan fingerprint density at radius 3 is 2.70 bits per heavy atom. The summed E-state index contributed by atoms with van der Waals surface area (Å²) in [6, 6.07) is 0. The topological polar surface area (TPSA) is 76.1 Å². The van der Waals surface area contributed by atoms with E-state index in [-0.39, 0.29) is 30.2 Å². The number of rotatable bonds is 4. The summed E-state index contributed by atoms with van der Waals surface area (Å²) in [6.07, 6.45) is -0.111. The summed E-state index contributed by atoms with van der Waals surface area (Å²) in [7, 11) is 2.72. The summed E-state index contributed by atoms with van der Waals surface area (Å²) in [5.74, 6) is -0.286. The normalized spacial score (nSPS) is 36.6. The minimum absolute atomic E-state index is 0.0737. The van der Waals surface area contributed by atoms with Crippen molar-refractivity contribution in [1.82, 2.24) is 4.90 Å². The van der Waals surface area contributed by atoms with Gasteiger partial charge in [0.2, 0.25) is 5.91 Å². The molecule has 20 heavy (non-hydrogen) atoms. The maximum Gasteiger partial charge on any atom is 0.335 e. The molecule has 2 saturated heterocycles. The summed E-state index contributed by atoms with van der Waals surface area (Å²) < 4.78 is 9.95. The quantitative estimate of drug-likeness (QED) is 0.750. The van der Waals surface area contributed by atoms with Crippen LogP contribution in [0.2, 0.25) is 0 Å². The van der Waals surface area contributed by atoms with Gasteiger partial charge in [-0.15, -0.1) is 11.8 Å². The fourth-order valence-corrected chi connectivity index (χ4v) is 4.95. The lowest BCUT2D eigenvalue weighted by molar-refractivity contribution is -0.171. The van der Waals surface area contributed by atoms with Crippen molar-refractivity contribution in [3.8, 4) is 0 Å². The van der Waals surface area contributed by atoms with Gasteiger partial charge in [0, 0.05) is 12.9 Å². The van der Waals surface area contributed by atoms with Gasteiger partial charge >= 0.3 is 5.97 Å². The Labute approximate surface area is 122 Å². The first-order valence-corrected chi connectivity index (χ1v) is 7.62. The Kier molecular flexibility index (Phi) is 4.05. The molecule has 0 aliphatic carbocycles. The summed E-state index contributed by atoms with van der Waals surface area (Å²) in [5.41, 5.74) is -2.88. The highest BCUT2D eigenvalue weighted by molar-refractivity contribution is 8.00. The number of methoxy groups -OCH3 is 2. The van der Waals surface area contributed by atoms with Gasteiger partial charge in [0.25, 0.3) is 0 Å². The Balaban J connectivity index is 2.51. The number of carbonyl (C=O) groups is 2. The zero-order chi connectivity index (χ0) is 15.1. The molecule has 2 aliphatic heterocycles. The average molecular weight is 303 g/mol. The lowest BCUT2D eigenvalue weighted by Gasteiger charge is -2.40. The molecule has 0 aromatic carbocycles. The molecular weight excluding hydrogens is 282 g/mol. The van der Waals surface area contributed by atoms with Crippen molar-refractivity contribution in [1.29, 1.82) is 0 Å². The van der Waals surface area contributed by atoms with Crippen LogP contribution in [0, 0.1) is 5.92 Å². The van der Waals surface area contributed by atoms with Crippen LogP contribution in [-0.2, 0) is 19.1 Å². The number of fused-ring (bicyclic) bond motifs is 1. The second kappa shape index (κ2) is 5.20. The van der Waals surface area contributed by atoms with Gasteiger partial charge < -0.3 is 19.5 Å². The van der Waals surface area contributed by atoms with E-state index in [1.165, 1.54) is 30.9 Å². The number of amides is 1. The SMILES string of the molecule is COC[C@@]1(O)CC(=O)N2[C@@H](C(C)C)SC[C@@]21C(=O)OC. The van der Waals surface area contributed by atoms with E-state index >= 15 is 0 Å². The van der Waals surface area contributed by atoms with Crippen LogP contribution < -0.4 is 0 Å². The minimum Gasteiger partial charge on any atom is -0.467 e. The van der Waals surface area contributed by atoms with Crippen LogP contribution in [-0.4, -0.2) is 65.0 Å². The summed E-state index contributed by atoms with van der Waals surface area (Å²) in [6.45, 7) is 3.91. The molecule has 3 atom stereocenters. The first-order valence-electron chi connectivity index (χ1n) is 6.57. The fourth-order valence-electron chi connectivity index (χ4n) is 3.18. The van der Waals surface area contributed by atoms with Gasteiger partial charge in [0.05, 0.1) is 25.5 Å². The van der Waals surface area contributed by atoms with Gasteiger partial charge in [0.15, 0.2) is 5.54 Å². The van der Waals surface area contributed by atoms with Crippen LogP contribution in [0.3, 0.4) is 0 Å². The lowest BCUT2D eigenvalue weighted by atomic mass is 9.82. The van der Waals surface area contributed by atoms with E-state index in [4.69, 9.17) is 9.47 Å². The van der Waals surface area contributed by atoms with Crippen LogP contribution in [0.1, 0.15) is 20.3 Å². The van der Waals surface area contributed by atoms with E-state index in [0.717, 1.165) is 0 Å². The molecule has 0 spiro atoms. The Morgan fingerprint density at radius 2 is 2.20 bits per heavy atom. The van der Waals surface area contributed by atoms with Crippen molar-refractivity contribution in [2.75, 3.05) is 26.6 Å². The molecule has 1 N–H and O–H groups in total. The van der Waals surface area contributed by atoms with E-state index in [0.29, 0.717) is 5.75 Å². The van der Waals surface area contributed by atoms with Gasteiger partial charge in [-0.1, -0.05) is 13.8 Å². The molecule has 114 valence electrons. The maximum atomic E-state index is 12.4. The van der Waals surface area contributed by atoms with Crippen LogP contribution in [0.4, 0.5) is 0 Å². The van der Waals surface area contributed by atoms with Crippen molar-refractivity contribution in [2.45, 2.75) is 36.8 Å². The number of esters is 1. The number of carbonyl (C=O) groups excluding carboxylic acids is 2. The molecule has 0 aromatic heterocycles. The Morgan fingerprint density at radius 1 is 1.55 bits per heavy atom. The molecule has 2 heterocycles. The summed E-state index contributed by atoms with van der Waals surface area (Å²) >= 11 is 1.51. The first-order chi connectivity index (χ1) is 9.34. The van der Waals surface area contributed by atoms with Crippen molar-refractivity contribution in [2.24, 2.45) is 5.92 Å². The van der Waals surface area contributed by atoms with Crippen molar-refractivity contribution in [3.05, 3.63) is 0 Å². The van der Waals surface area contributed by atoms with Gasteiger partial charge in [0.1, 0.15) is 5.60 Å². The van der Waals surface area contributed by atoms with Crippen molar-refractivity contribution < 1.29 is 24.2 Å². The second-order valence-corrected chi connectivity index (χ2v) is 6.81. The van der Waals surface area contributed by atoms with Crippen LogP contribution in [0.25, 0.3) is 0 Å². The highest BCUT2D eigenvalue weighted by Gasteiger charge is 2.72. The minimum atomic E-state index is -1.54. The third-order valence-electron chi connectivity index (χ3n) is 4.09. The zero-order valence-corrected chi connectivity index (χ0v) is 13.0. The molecular formula is C13H21NO5S. The first kappa shape index (κ1) is 15.6. The number of ether oxygens (including phenoxy) is 2. The smallest absolute Gasteiger partial charge is 0.335 e. The van der Waals surface area contributed by atoms with Gasteiger partial charge in [-0.3, -0.25) is 4.79 Å². The molecule has 2 fully saturated rings. The predicted octanol–water partition coefficient (Wildman–Crippen LogP) is 0.237. The fraction of sp³-hybridized carbons (Fsp3) is 0.846. The molecule has 0 aromatic rings.